The van der Waals surface area contributed by atoms with Crippen LogP contribution in [0.1, 0.15) is 24.6 Å². The number of carboxylic acids is 1. The molecule has 0 bridgehead atoms. The number of hydrogen-bond donors (Lipinski definition) is 3. The van der Waals surface area contributed by atoms with Crippen LogP contribution in [0, 0.1) is 11.3 Å². The molecule has 0 radical (unpaired) electrons. The summed E-state index contributed by atoms with van der Waals surface area (Å²) in [5.74, 6) is -0.624. The van der Waals surface area contributed by atoms with Crippen LogP contribution in [-0.2, 0) is 17.9 Å². The lowest BCUT2D eigenvalue weighted by Crippen LogP contribution is -2.11. The second-order valence-electron chi connectivity index (χ2n) is 6.06. The maximum atomic E-state index is 9.50. The second kappa shape index (κ2) is 8.60. The van der Waals surface area contributed by atoms with Crippen molar-refractivity contribution in [3.8, 4) is 28.0 Å². The van der Waals surface area contributed by atoms with Gasteiger partial charge in [-0.1, -0.05) is 0 Å². The molecular formula is C18H19N7O2S. The first kappa shape index (κ1) is 19.5. The van der Waals surface area contributed by atoms with Gasteiger partial charge in [0.1, 0.15) is 28.2 Å². The van der Waals surface area contributed by atoms with Crippen LogP contribution < -0.4 is 11.1 Å². The van der Waals surface area contributed by atoms with E-state index in [1.54, 1.807) is 6.20 Å². The molecule has 0 spiro atoms. The summed E-state index contributed by atoms with van der Waals surface area (Å²) in [6, 6.07) is 6.02. The Morgan fingerprint density at radius 3 is 2.89 bits per heavy atom. The predicted molar refractivity (Wildman–Crippen MR) is 105 cm³/mol. The summed E-state index contributed by atoms with van der Waals surface area (Å²) in [6.07, 6.45) is 2.75. The number of fused-ring (bicyclic) bond motifs is 1. The number of hydrogen-bond acceptors (Lipinski definition) is 8. The first-order valence-electron chi connectivity index (χ1n) is 8.57. The fourth-order valence-electron chi connectivity index (χ4n) is 2.84. The van der Waals surface area contributed by atoms with Crippen LogP contribution in [0.2, 0.25) is 0 Å². The zero-order chi connectivity index (χ0) is 20.1. The van der Waals surface area contributed by atoms with Gasteiger partial charge in [-0.25, -0.2) is 9.97 Å². The number of nitrogens with two attached hydrogens (primary N) is 1. The van der Waals surface area contributed by atoms with Gasteiger partial charge >= 0.3 is 0 Å². The number of pyridine rings is 1. The molecule has 1 aliphatic heterocycles. The standard InChI is InChI=1S/C16H15N7S.C2H4O2/c17-8-12-11(7-14(21-15(12)18)16-20-3-5-24-16)13-6-10-9-19-2-1-4-23(10)22-13;1-2(3)4/h3,5-7,19H,1-2,4,9H2,(H2,18,21);1H3,(H,3,4). The number of rotatable bonds is 2. The van der Waals surface area contributed by atoms with Crippen molar-refractivity contribution in [1.29, 1.82) is 5.26 Å². The molecule has 144 valence electrons. The maximum Gasteiger partial charge on any atom is 0.300 e. The van der Waals surface area contributed by atoms with Gasteiger partial charge in [0.05, 0.1) is 11.4 Å². The van der Waals surface area contributed by atoms with E-state index in [0.717, 1.165) is 49.4 Å². The molecule has 10 heteroatoms. The van der Waals surface area contributed by atoms with Gasteiger partial charge in [-0.05, 0) is 25.1 Å². The van der Waals surface area contributed by atoms with Crippen molar-refractivity contribution in [3.63, 3.8) is 0 Å². The van der Waals surface area contributed by atoms with Crippen molar-refractivity contribution >= 4 is 23.1 Å². The maximum absolute atomic E-state index is 9.50. The molecule has 9 nitrogen and oxygen atoms in total. The average molecular weight is 397 g/mol. The van der Waals surface area contributed by atoms with Crippen LogP contribution in [0.25, 0.3) is 22.0 Å². The zero-order valence-electron chi connectivity index (χ0n) is 15.2. The number of carboxylic acid groups (broad SMARTS) is 1. The van der Waals surface area contributed by atoms with Gasteiger partial charge in [0.2, 0.25) is 0 Å². The SMILES string of the molecule is CC(=O)O.N#Cc1c(-c2cc3n(n2)CCCNC3)cc(-c2nccs2)nc1N. The molecule has 4 N–H and O–H groups in total. The Balaban J connectivity index is 0.000000516. The Bertz CT molecular complexity index is 994. The fourth-order valence-corrected chi connectivity index (χ4v) is 3.43. The van der Waals surface area contributed by atoms with Gasteiger partial charge in [-0.15, -0.1) is 11.3 Å². The van der Waals surface area contributed by atoms with Crippen molar-refractivity contribution < 1.29 is 9.90 Å². The van der Waals surface area contributed by atoms with E-state index in [9.17, 15) is 5.26 Å². The molecule has 0 saturated carbocycles. The summed E-state index contributed by atoms with van der Waals surface area (Å²) in [5, 5.41) is 27.6. The number of nitrogens with zero attached hydrogens (tertiary/aromatic N) is 5. The van der Waals surface area contributed by atoms with Gasteiger partial charge in [0, 0.05) is 37.2 Å². The van der Waals surface area contributed by atoms with E-state index >= 15 is 0 Å². The largest absolute Gasteiger partial charge is 0.481 e. The van der Waals surface area contributed by atoms with E-state index in [1.165, 1.54) is 11.3 Å². The van der Waals surface area contributed by atoms with Crippen LogP contribution in [0.15, 0.2) is 23.7 Å². The molecule has 28 heavy (non-hydrogen) atoms. The van der Waals surface area contributed by atoms with Gasteiger partial charge in [0.15, 0.2) is 0 Å². The third kappa shape index (κ3) is 4.33. The number of anilines is 1. The lowest BCUT2D eigenvalue weighted by atomic mass is 10.1. The number of nitriles is 1. The first-order valence-corrected chi connectivity index (χ1v) is 9.45. The summed E-state index contributed by atoms with van der Waals surface area (Å²) < 4.78 is 2.00. The first-order chi connectivity index (χ1) is 13.5. The van der Waals surface area contributed by atoms with Crippen LogP contribution in [0.5, 0.6) is 0 Å². The molecule has 0 atom stereocenters. The molecule has 4 rings (SSSR count). The monoisotopic (exact) mass is 397 g/mol. The van der Waals surface area contributed by atoms with E-state index in [2.05, 4.69) is 26.5 Å². The third-order valence-electron chi connectivity index (χ3n) is 3.98. The number of aryl methyl sites for hydroxylation is 1. The predicted octanol–water partition coefficient (Wildman–Crippen LogP) is 2.11. The number of aliphatic carboxylic acids is 1. The summed E-state index contributed by atoms with van der Waals surface area (Å²) in [7, 11) is 0. The summed E-state index contributed by atoms with van der Waals surface area (Å²) in [6.45, 7) is 3.71. The number of nitrogens with one attached hydrogen (secondary N) is 1. The van der Waals surface area contributed by atoms with Gasteiger partial charge in [-0.3, -0.25) is 9.48 Å². The molecule has 0 fully saturated rings. The van der Waals surface area contributed by atoms with Crippen LogP contribution in [0.3, 0.4) is 0 Å². The van der Waals surface area contributed by atoms with Crippen molar-refractivity contribution in [2.45, 2.75) is 26.4 Å². The van der Waals surface area contributed by atoms with E-state index in [4.69, 9.17) is 15.6 Å². The molecule has 0 saturated heterocycles. The van der Waals surface area contributed by atoms with E-state index in [0.29, 0.717) is 16.8 Å². The third-order valence-corrected chi connectivity index (χ3v) is 4.78. The Morgan fingerprint density at radius 1 is 1.43 bits per heavy atom. The highest BCUT2D eigenvalue weighted by Gasteiger charge is 2.19. The van der Waals surface area contributed by atoms with Crippen LogP contribution >= 0.6 is 11.3 Å². The van der Waals surface area contributed by atoms with Gasteiger partial charge in [0.25, 0.3) is 5.97 Å². The molecule has 1 aliphatic rings. The highest BCUT2D eigenvalue weighted by Crippen LogP contribution is 2.31. The fraction of sp³-hybridized carbons (Fsp3) is 0.278. The summed E-state index contributed by atoms with van der Waals surface area (Å²) >= 11 is 1.48. The van der Waals surface area contributed by atoms with E-state index in [1.807, 2.05) is 22.2 Å². The number of aromatic nitrogens is 4. The molecular weight excluding hydrogens is 378 g/mol. The Morgan fingerprint density at radius 2 is 2.21 bits per heavy atom. The quantitative estimate of drug-likeness (QED) is 0.596. The van der Waals surface area contributed by atoms with Crippen molar-refractivity contribution in [3.05, 3.63) is 35.0 Å². The Hall–Kier alpha value is -3.29. The minimum Gasteiger partial charge on any atom is -0.481 e. The van der Waals surface area contributed by atoms with Crippen molar-refractivity contribution in [2.75, 3.05) is 12.3 Å². The molecule has 0 aliphatic carbocycles. The minimum atomic E-state index is -0.833. The molecule has 4 heterocycles. The Kier molecular flexibility index (Phi) is 5.98. The smallest absolute Gasteiger partial charge is 0.300 e. The van der Waals surface area contributed by atoms with Crippen molar-refractivity contribution in [2.24, 2.45) is 0 Å². The minimum absolute atomic E-state index is 0.210. The highest BCUT2D eigenvalue weighted by molar-refractivity contribution is 7.13. The Labute approximate surface area is 165 Å². The van der Waals surface area contributed by atoms with Crippen LogP contribution in [0.4, 0.5) is 5.82 Å². The van der Waals surface area contributed by atoms with E-state index in [-0.39, 0.29) is 5.82 Å². The highest BCUT2D eigenvalue weighted by atomic mass is 32.1. The average Bonchev–Trinajstić information content (AvgIpc) is 3.27. The molecule has 3 aromatic heterocycles. The molecule has 0 amide bonds. The molecule has 0 unspecified atom stereocenters. The lowest BCUT2D eigenvalue weighted by Gasteiger charge is -2.06. The van der Waals surface area contributed by atoms with E-state index < -0.39 is 5.97 Å². The molecule has 0 aromatic carbocycles. The number of thiazole rings is 1. The van der Waals surface area contributed by atoms with Crippen molar-refractivity contribution in [1.82, 2.24) is 25.1 Å². The lowest BCUT2D eigenvalue weighted by molar-refractivity contribution is -0.134. The van der Waals surface area contributed by atoms with Gasteiger partial charge in [-0.2, -0.15) is 10.4 Å². The molecule has 3 aromatic rings. The summed E-state index contributed by atoms with van der Waals surface area (Å²) in [4.78, 5) is 17.6. The topological polar surface area (TPSA) is 143 Å². The van der Waals surface area contributed by atoms with Gasteiger partial charge < -0.3 is 16.2 Å². The number of nitrogen functional groups attached to an aromatic ring is 1. The zero-order valence-corrected chi connectivity index (χ0v) is 16.0. The number of carbonyl (C=O) groups is 1. The second-order valence-corrected chi connectivity index (χ2v) is 6.95. The normalized spacial score (nSPS) is 12.9. The van der Waals surface area contributed by atoms with Crippen LogP contribution in [-0.4, -0.2) is 37.4 Å². The summed E-state index contributed by atoms with van der Waals surface area (Å²) in [5.41, 5.74) is 9.60.